The molecule has 0 atom stereocenters. The first-order valence-electron chi connectivity index (χ1n) is 11.6. The third kappa shape index (κ3) is 5.03. The quantitative estimate of drug-likeness (QED) is 0.350. The van der Waals surface area contributed by atoms with Gasteiger partial charge in [0.05, 0.1) is 15.7 Å². The van der Waals surface area contributed by atoms with Crippen LogP contribution in [0, 0.1) is 0 Å². The number of benzene rings is 3. The molecule has 0 aromatic heterocycles. The van der Waals surface area contributed by atoms with E-state index >= 15 is 0 Å². The predicted molar refractivity (Wildman–Crippen MR) is 148 cm³/mol. The van der Waals surface area contributed by atoms with Gasteiger partial charge in [0.15, 0.2) is 0 Å². The van der Waals surface area contributed by atoms with E-state index < -0.39 is 11.8 Å². The highest BCUT2D eigenvalue weighted by molar-refractivity contribution is 6.54. The maximum atomic E-state index is 13.1. The fraction of sp³-hybridized carbons (Fsp3) is 0.148. The Morgan fingerprint density at radius 2 is 1.51 bits per heavy atom. The smallest absolute Gasteiger partial charge is 0.283 e. The van der Waals surface area contributed by atoms with Gasteiger partial charge in [0, 0.05) is 35.7 Å². The van der Waals surface area contributed by atoms with Crippen molar-refractivity contribution in [2.45, 2.75) is 12.8 Å². The highest BCUT2D eigenvalue weighted by Gasteiger charge is 2.40. The van der Waals surface area contributed by atoms with Crippen molar-refractivity contribution in [2.75, 3.05) is 33.5 Å². The minimum absolute atomic E-state index is 0.0590. The average molecular weight is 556 g/mol. The molecule has 188 valence electrons. The van der Waals surface area contributed by atoms with Gasteiger partial charge in [-0.25, -0.2) is 4.90 Å². The fourth-order valence-corrected chi connectivity index (χ4v) is 4.90. The summed E-state index contributed by atoms with van der Waals surface area (Å²) in [7, 11) is 0. The lowest BCUT2D eigenvalue weighted by Gasteiger charge is -2.18. The summed E-state index contributed by atoms with van der Waals surface area (Å²) in [6.07, 6.45) is 2.38. The zero-order chi connectivity index (χ0) is 26.1. The Morgan fingerprint density at radius 3 is 2.24 bits per heavy atom. The van der Waals surface area contributed by atoms with Gasteiger partial charge in [0.1, 0.15) is 10.7 Å². The van der Waals surface area contributed by atoms with Crippen LogP contribution in [-0.4, -0.2) is 30.8 Å². The number of anilines is 4. The normalized spacial score (nSPS) is 15.5. The van der Waals surface area contributed by atoms with E-state index in [-0.39, 0.29) is 32.4 Å². The van der Waals surface area contributed by atoms with Crippen molar-refractivity contribution in [2.24, 2.45) is 0 Å². The minimum Gasteiger partial charge on any atom is -0.372 e. The van der Waals surface area contributed by atoms with Crippen LogP contribution in [0.15, 0.2) is 77.5 Å². The highest BCUT2D eigenvalue weighted by atomic mass is 35.5. The standard InChI is InChI=1S/C27H21Cl3N4O3/c28-20-7-4-8-21(22(20)29)34-26(36)23(30)24(27(34)37)31-18-6-3-5-16(15-18)25(35)32-17-9-11-19(12-10-17)33-13-1-2-14-33/h3-12,15,31H,1-2,13-14H2,(H,32,35). The van der Waals surface area contributed by atoms with Crippen molar-refractivity contribution >= 4 is 75.3 Å². The molecule has 3 aromatic carbocycles. The van der Waals surface area contributed by atoms with E-state index in [1.54, 1.807) is 36.4 Å². The van der Waals surface area contributed by atoms with Crippen molar-refractivity contribution in [1.82, 2.24) is 0 Å². The molecule has 2 aliphatic heterocycles. The molecular formula is C27H21Cl3N4O3. The molecule has 3 aromatic rings. The van der Waals surface area contributed by atoms with Crippen molar-refractivity contribution in [3.8, 4) is 0 Å². The van der Waals surface area contributed by atoms with E-state index in [9.17, 15) is 14.4 Å². The van der Waals surface area contributed by atoms with E-state index in [0.29, 0.717) is 16.9 Å². The lowest BCUT2D eigenvalue weighted by atomic mass is 10.1. The van der Waals surface area contributed by atoms with Gasteiger partial charge < -0.3 is 15.5 Å². The number of carbonyl (C=O) groups is 3. The number of amides is 3. The summed E-state index contributed by atoms with van der Waals surface area (Å²) in [6, 6.07) is 18.9. The van der Waals surface area contributed by atoms with Gasteiger partial charge in [-0.1, -0.05) is 46.9 Å². The van der Waals surface area contributed by atoms with E-state index in [4.69, 9.17) is 34.8 Å². The van der Waals surface area contributed by atoms with E-state index in [2.05, 4.69) is 15.5 Å². The second kappa shape index (κ2) is 10.5. The molecule has 5 rings (SSSR count). The van der Waals surface area contributed by atoms with Crippen LogP contribution in [0.3, 0.4) is 0 Å². The summed E-state index contributed by atoms with van der Waals surface area (Å²) in [5, 5.41) is 5.72. The molecule has 10 heteroatoms. The Bertz CT molecular complexity index is 1430. The molecule has 2 heterocycles. The van der Waals surface area contributed by atoms with Crippen LogP contribution in [0.5, 0.6) is 0 Å². The first-order valence-corrected chi connectivity index (χ1v) is 12.7. The number of halogens is 3. The molecule has 7 nitrogen and oxygen atoms in total. The molecule has 2 aliphatic rings. The molecule has 1 saturated heterocycles. The minimum atomic E-state index is -0.732. The van der Waals surface area contributed by atoms with Crippen LogP contribution in [0.2, 0.25) is 10.0 Å². The Labute approximate surface area is 228 Å². The Morgan fingerprint density at radius 1 is 0.811 bits per heavy atom. The maximum absolute atomic E-state index is 13.1. The van der Waals surface area contributed by atoms with Gasteiger partial charge in [-0.3, -0.25) is 14.4 Å². The summed E-state index contributed by atoms with van der Waals surface area (Å²) < 4.78 is 0. The van der Waals surface area contributed by atoms with E-state index in [1.165, 1.54) is 18.9 Å². The summed E-state index contributed by atoms with van der Waals surface area (Å²) >= 11 is 18.5. The topological polar surface area (TPSA) is 81.8 Å². The summed E-state index contributed by atoms with van der Waals surface area (Å²) in [5.41, 5.74) is 2.57. The third-order valence-electron chi connectivity index (χ3n) is 6.19. The van der Waals surface area contributed by atoms with Crippen LogP contribution < -0.4 is 20.4 Å². The van der Waals surface area contributed by atoms with Gasteiger partial charge in [-0.15, -0.1) is 0 Å². The predicted octanol–water partition coefficient (Wildman–Crippen LogP) is 6.28. The van der Waals surface area contributed by atoms with Crippen LogP contribution >= 0.6 is 34.8 Å². The van der Waals surface area contributed by atoms with Crippen LogP contribution in [0.25, 0.3) is 0 Å². The number of rotatable bonds is 6. The molecule has 0 radical (unpaired) electrons. The summed E-state index contributed by atoms with van der Waals surface area (Å²) in [4.78, 5) is 41.9. The third-order valence-corrected chi connectivity index (χ3v) is 7.35. The Kier molecular flexibility index (Phi) is 7.11. The lowest BCUT2D eigenvalue weighted by Crippen LogP contribution is -2.32. The average Bonchev–Trinajstić information content (AvgIpc) is 3.51. The zero-order valence-corrected chi connectivity index (χ0v) is 21.7. The zero-order valence-electron chi connectivity index (χ0n) is 19.4. The second-order valence-electron chi connectivity index (χ2n) is 8.61. The number of carbonyl (C=O) groups excluding carboxylic acids is 3. The molecule has 0 unspecified atom stereocenters. The Hall–Kier alpha value is -3.52. The lowest BCUT2D eigenvalue weighted by molar-refractivity contribution is -0.120. The van der Waals surface area contributed by atoms with Crippen LogP contribution in [0.4, 0.5) is 22.7 Å². The number of nitrogens with zero attached hydrogens (tertiary/aromatic N) is 2. The summed E-state index contributed by atoms with van der Waals surface area (Å²) in [5.74, 6) is -1.74. The molecule has 0 spiro atoms. The molecule has 0 saturated carbocycles. The van der Waals surface area contributed by atoms with Crippen molar-refractivity contribution in [3.63, 3.8) is 0 Å². The van der Waals surface area contributed by atoms with Crippen molar-refractivity contribution < 1.29 is 14.4 Å². The first kappa shape index (κ1) is 25.1. The highest BCUT2D eigenvalue weighted by Crippen LogP contribution is 2.37. The van der Waals surface area contributed by atoms with Gasteiger partial charge in [-0.05, 0) is 67.4 Å². The molecule has 0 bridgehead atoms. The SMILES string of the molecule is O=C(Nc1ccc(N2CCCC2)cc1)c1cccc(NC2=C(Cl)C(=O)N(c3cccc(Cl)c3Cl)C2=O)c1. The van der Waals surface area contributed by atoms with E-state index in [1.807, 2.05) is 24.3 Å². The summed E-state index contributed by atoms with van der Waals surface area (Å²) in [6.45, 7) is 2.09. The molecule has 1 fully saturated rings. The van der Waals surface area contributed by atoms with Gasteiger partial charge in [0.25, 0.3) is 17.7 Å². The van der Waals surface area contributed by atoms with Gasteiger partial charge in [-0.2, -0.15) is 0 Å². The molecule has 2 N–H and O–H groups in total. The second-order valence-corrected chi connectivity index (χ2v) is 9.77. The van der Waals surface area contributed by atoms with Gasteiger partial charge >= 0.3 is 0 Å². The maximum Gasteiger partial charge on any atom is 0.283 e. The molecule has 0 aliphatic carbocycles. The number of hydrogen-bond acceptors (Lipinski definition) is 5. The largest absolute Gasteiger partial charge is 0.372 e. The van der Waals surface area contributed by atoms with Crippen molar-refractivity contribution in [1.29, 1.82) is 0 Å². The molecular weight excluding hydrogens is 535 g/mol. The first-order chi connectivity index (χ1) is 17.8. The fourth-order valence-electron chi connectivity index (χ4n) is 4.31. The molecule has 37 heavy (non-hydrogen) atoms. The van der Waals surface area contributed by atoms with Crippen LogP contribution in [-0.2, 0) is 9.59 Å². The van der Waals surface area contributed by atoms with E-state index in [0.717, 1.165) is 23.7 Å². The Balaban J connectivity index is 1.30. The number of imide groups is 1. The number of hydrogen-bond donors (Lipinski definition) is 2. The monoisotopic (exact) mass is 554 g/mol. The molecule has 3 amide bonds. The van der Waals surface area contributed by atoms with Crippen molar-refractivity contribution in [3.05, 3.63) is 93.1 Å². The van der Waals surface area contributed by atoms with Gasteiger partial charge in [0.2, 0.25) is 0 Å². The number of nitrogens with one attached hydrogen (secondary N) is 2. The van der Waals surface area contributed by atoms with Crippen LogP contribution in [0.1, 0.15) is 23.2 Å².